The third kappa shape index (κ3) is 3.11. The zero-order chi connectivity index (χ0) is 15.7. The number of hydrogen-bond donors (Lipinski definition) is 1. The summed E-state index contributed by atoms with van der Waals surface area (Å²) in [7, 11) is -4.10. The first-order valence-electron chi connectivity index (χ1n) is 6.57. The molecule has 22 heavy (non-hydrogen) atoms. The van der Waals surface area contributed by atoms with Crippen LogP contribution in [0.2, 0.25) is 0 Å². The molecule has 1 unspecified atom stereocenters. The molecule has 1 atom stereocenters. The summed E-state index contributed by atoms with van der Waals surface area (Å²) in [5, 5.41) is 2.66. The van der Waals surface area contributed by atoms with Crippen LogP contribution in [0.4, 0.5) is 13.9 Å². The molecule has 1 fully saturated rings. The number of halogens is 2. The van der Waals surface area contributed by atoms with Crippen molar-refractivity contribution in [3.05, 3.63) is 41.4 Å². The molecule has 2 aromatic rings. The van der Waals surface area contributed by atoms with Crippen molar-refractivity contribution < 1.29 is 17.2 Å². The molecule has 9 heteroatoms. The Morgan fingerprint density at radius 2 is 2.18 bits per heavy atom. The number of aromatic nitrogens is 1. The molecular weight excluding hydrogens is 332 g/mol. The lowest BCUT2D eigenvalue weighted by Gasteiger charge is -2.16. The standard InChI is InChI=1S/C13H13F2N3O2S2/c14-9-1-2-11(15)12(7-9)22(19,20)17-10-3-5-18(8-10)13-16-4-6-21-13/h1-2,4,6-7,10,17H,3,5,8H2. The normalized spacial score (nSPS) is 18.8. The summed E-state index contributed by atoms with van der Waals surface area (Å²) in [5.74, 6) is -1.76. The first-order chi connectivity index (χ1) is 10.5. The Bertz CT molecular complexity index is 766. The summed E-state index contributed by atoms with van der Waals surface area (Å²) in [6.45, 7) is 1.11. The van der Waals surface area contributed by atoms with Crippen molar-refractivity contribution in [1.82, 2.24) is 9.71 Å². The number of nitrogens with one attached hydrogen (secondary N) is 1. The topological polar surface area (TPSA) is 62.3 Å². The number of rotatable bonds is 4. The van der Waals surface area contributed by atoms with Crippen LogP contribution in [0.1, 0.15) is 6.42 Å². The first-order valence-corrected chi connectivity index (χ1v) is 8.94. The van der Waals surface area contributed by atoms with E-state index in [0.717, 1.165) is 17.3 Å². The van der Waals surface area contributed by atoms with Crippen molar-refractivity contribution in [2.45, 2.75) is 17.4 Å². The van der Waals surface area contributed by atoms with Crippen LogP contribution in [0.3, 0.4) is 0 Å². The number of anilines is 1. The Morgan fingerprint density at radius 1 is 1.36 bits per heavy atom. The quantitative estimate of drug-likeness (QED) is 0.920. The van der Waals surface area contributed by atoms with Gasteiger partial charge in [-0.3, -0.25) is 0 Å². The number of benzene rings is 1. The van der Waals surface area contributed by atoms with Gasteiger partial charge in [-0.05, 0) is 24.6 Å². The summed E-state index contributed by atoms with van der Waals surface area (Å²) in [6.07, 6.45) is 2.26. The highest BCUT2D eigenvalue weighted by Crippen LogP contribution is 2.24. The van der Waals surface area contributed by atoms with Gasteiger partial charge in [0.15, 0.2) is 5.13 Å². The fourth-order valence-electron chi connectivity index (χ4n) is 2.37. The van der Waals surface area contributed by atoms with Gasteiger partial charge in [0.2, 0.25) is 10.0 Å². The van der Waals surface area contributed by atoms with E-state index in [2.05, 4.69) is 9.71 Å². The van der Waals surface area contributed by atoms with Crippen molar-refractivity contribution in [1.29, 1.82) is 0 Å². The van der Waals surface area contributed by atoms with E-state index in [4.69, 9.17) is 0 Å². The predicted octanol–water partition coefficient (Wildman–Crippen LogP) is 1.98. The molecule has 3 rings (SSSR count). The van der Waals surface area contributed by atoms with E-state index in [1.165, 1.54) is 11.3 Å². The van der Waals surface area contributed by atoms with Gasteiger partial charge in [-0.25, -0.2) is 26.9 Å². The molecule has 2 heterocycles. The van der Waals surface area contributed by atoms with Gasteiger partial charge >= 0.3 is 0 Å². The number of hydrogen-bond acceptors (Lipinski definition) is 5. The lowest BCUT2D eigenvalue weighted by Crippen LogP contribution is -2.37. The second-order valence-corrected chi connectivity index (χ2v) is 7.50. The molecule has 0 saturated carbocycles. The molecule has 5 nitrogen and oxygen atoms in total. The fourth-order valence-corrected chi connectivity index (χ4v) is 4.40. The number of thiazole rings is 1. The average molecular weight is 345 g/mol. The molecule has 1 saturated heterocycles. The molecule has 0 aliphatic carbocycles. The second-order valence-electron chi connectivity index (χ2n) is 4.94. The van der Waals surface area contributed by atoms with Crippen LogP contribution >= 0.6 is 11.3 Å². The maximum atomic E-state index is 13.6. The van der Waals surface area contributed by atoms with Crippen molar-refractivity contribution >= 4 is 26.5 Å². The van der Waals surface area contributed by atoms with Crippen LogP contribution in [0.25, 0.3) is 0 Å². The molecule has 0 radical (unpaired) electrons. The highest BCUT2D eigenvalue weighted by molar-refractivity contribution is 7.89. The van der Waals surface area contributed by atoms with Gasteiger partial charge in [-0.1, -0.05) is 0 Å². The van der Waals surface area contributed by atoms with Crippen LogP contribution in [0.5, 0.6) is 0 Å². The lowest BCUT2D eigenvalue weighted by molar-refractivity contribution is 0.535. The summed E-state index contributed by atoms with van der Waals surface area (Å²) < 4.78 is 53.6. The molecule has 0 amide bonds. The maximum absolute atomic E-state index is 13.6. The minimum Gasteiger partial charge on any atom is -0.346 e. The molecule has 0 bridgehead atoms. The van der Waals surface area contributed by atoms with E-state index < -0.39 is 26.6 Å². The second kappa shape index (κ2) is 5.90. The molecule has 1 N–H and O–H groups in total. The van der Waals surface area contributed by atoms with Crippen LogP contribution in [0.15, 0.2) is 34.7 Å². The van der Waals surface area contributed by atoms with E-state index in [-0.39, 0.29) is 6.04 Å². The Kier molecular flexibility index (Phi) is 4.11. The first kappa shape index (κ1) is 15.3. The summed E-state index contributed by atoms with van der Waals surface area (Å²) >= 11 is 1.47. The Balaban J connectivity index is 1.74. The van der Waals surface area contributed by atoms with E-state index >= 15 is 0 Å². The zero-order valence-electron chi connectivity index (χ0n) is 11.4. The van der Waals surface area contributed by atoms with Gasteiger partial charge in [0, 0.05) is 30.7 Å². The van der Waals surface area contributed by atoms with Crippen LogP contribution < -0.4 is 9.62 Å². The zero-order valence-corrected chi connectivity index (χ0v) is 13.0. The van der Waals surface area contributed by atoms with E-state index in [1.54, 1.807) is 6.20 Å². The van der Waals surface area contributed by atoms with Crippen LogP contribution in [0, 0.1) is 11.6 Å². The van der Waals surface area contributed by atoms with Crippen molar-refractivity contribution in [2.24, 2.45) is 0 Å². The third-order valence-electron chi connectivity index (χ3n) is 3.38. The Morgan fingerprint density at radius 3 is 2.91 bits per heavy atom. The fraction of sp³-hybridized carbons (Fsp3) is 0.308. The van der Waals surface area contributed by atoms with E-state index in [9.17, 15) is 17.2 Å². The molecule has 1 aliphatic rings. The maximum Gasteiger partial charge on any atom is 0.243 e. The Hall–Kier alpha value is -1.58. The number of nitrogens with zero attached hydrogens (tertiary/aromatic N) is 2. The molecule has 1 aromatic carbocycles. The van der Waals surface area contributed by atoms with Gasteiger partial charge in [0.05, 0.1) is 0 Å². The van der Waals surface area contributed by atoms with Gasteiger partial charge in [0.1, 0.15) is 16.5 Å². The summed E-state index contributed by atoms with van der Waals surface area (Å²) in [5.41, 5.74) is 0. The van der Waals surface area contributed by atoms with E-state index in [1.807, 2.05) is 10.3 Å². The van der Waals surface area contributed by atoms with Crippen molar-refractivity contribution in [3.8, 4) is 0 Å². The number of sulfonamides is 1. The van der Waals surface area contributed by atoms with Crippen LogP contribution in [-0.2, 0) is 10.0 Å². The predicted molar refractivity (Wildman–Crippen MR) is 79.4 cm³/mol. The smallest absolute Gasteiger partial charge is 0.243 e. The summed E-state index contributed by atoms with van der Waals surface area (Å²) in [6, 6.07) is 2.01. The van der Waals surface area contributed by atoms with Gasteiger partial charge < -0.3 is 4.90 Å². The molecule has 1 aromatic heterocycles. The molecular formula is C13H13F2N3O2S2. The monoisotopic (exact) mass is 345 g/mol. The largest absolute Gasteiger partial charge is 0.346 e. The average Bonchev–Trinajstić information content (AvgIpc) is 3.11. The third-order valence-corrected chi connectivity index (χ3v) is 5.75. The summed E-state index contributed by atoms with van der Waals surface area (Å²) in [4.78, 5) is 5.46. The van der Waals surface area contributed by atoms with Gasteiger partial charge in [-0.15, -0.1) is 11.3 Å². The molecule has 118 valence electrons. The highest BCUT2D eigenvalue weighted by atomic mass is 32.2. The molecule has 0 spiro atoms. The minimum atomic E-state index is -4.10. The van der Waals surface area contributed by atoms with E-state index in [0.29, 0.717) is 25.6 Å². The SMILES string of the molecule is O=S(=O)(NC1CCN(c2nccs2)C1)c1cc(F)ccc1F. The van der Waals surface area contributed by atoms with Crippen LogP contribution in [-0.4, -0.2) is 32.5 Å². The molecule has 1 aliphatic heterocycles. The highest BCUT2D eigenvalue weighted by Gasteiger charge is 2.29. The lowest BCUT2D eigenvalue weighted by atomic mass is 10.3. The van der Waals surface area contributed by atoms with Gasteiger partial charge in [-0.2, -0.15) is 0 Å². The van der Waals surface area contributed by atoms with Crippen molar-refractivity contribution in [3.63, 3.8) is 0 Å². The Labute approximate surface area is 130 Å². The minimum absolute atomic E-state index is 0.364. The van der Waals surface area contributed by atoms with Crippen molar-refractivity contribution in [2.75, 3.05) is 18.0 Å². The van der Waals surface area contributed by atoms with Gasteiger partial charge in [0.25, 0.3) is 0 Å².